The van der Waals surface area contributed by atoms with Crippen LogP contribution in [0.25, 0.3) is 5.76 Å². The molecule has 0 spiro atoms. The topological polar surface area (TPSA) is 83.6 Å². The van der Waals surface area contributed by atoms with Crippen molar-refractivity contribution in [2.45, 2.75) is 39.2 Å². The first-order chi connectivity index (χ1) is 15.1. The van der Waals surface area contributed by atoms with E-state index in [1.165, 1.54) is 4.90 Å². The number of anilines is 1. The van der Waals surface area contributed by atoms with Crippen LogP contribution in [0.15, 0.2) is 69.2 Å². The first-order valence-corrected chi connectivity index (χ1v) is 11.0. The highest BCUT2D eigenvalue weighted by molar-refractivity contribution is 9.10. The van der Waals surface area contributed by atoms with Gasteiger partial charge >= 0.3 is 5.91 Å². The zero-order valence-corrected chi connectivity index (χ0v) is 19.8. The molecule has 1 fully saturated rings. The van der Waals surface area contributed by atoms with Gasteiger partial charge in [0.05, 0.1) is 11.6 Å². The minimum absolute atomic E-state index is 0.0153. The SMILES string of the molecule is Cc1ccc([C@@H]2C(=C(O)c3ccc(Br)cc3)C(=O)C(=O)N2c2cc(C(C)(C)C)on2)cc1. The molecule has 32 heavy (non-hydrogen) atoms. The molecule has 1 saturated heterocycles. The quantitative estimate of drug-likeness (QED) is 0.288. The maximum atomic E-state index is 13.2. The van der Waals surface area contributed by atoms with Crippen molar-refractivity contribution in [2.75, 3.05) is 4.90 Å². The number of halogens is 1. The molecule has 6 nitrogen and oxygen atoms in total. The van der Waals surface area contributed by atoms with Crippen LogP contribution in [0.1, 0.15) is 49.3 Å². The highest BCUT2D eigenvalue weighted by Gasteiger charge is 2.48. The molecule has 0 saturated carbocycles. The molecule has 1 aliphatic heterocycles. The number of hydrogen-bond acceptors (Lipinski definition) is 5. The molecule has 2 aromatic carbocycles. The average Bonchev–Trinajstić information content (AvgIpc) is 3.32. The number of rotatable bonds is 3. The van der Waals surface area contributed by atoms with Gasteiger partial charge in [0.1, 0.15) is 11.5 Å². The van der Waals surface area contributed by atoms with Gasteiger partial charge in [-0.25, -0.2) is 0 Å². The summed E-state index contributed by atoms with van der Waals surface area (Å²) in [6.45, 7) is 7.86. The Labute approximate surface area is 194 Å². The molecule has 0 radical (unpaired) electrons. The fourth-order valence-corrected chi connectivity index (χ4v) is 3.89. The molecule has 1 atom stereocenters. The molecule has 1 aliphatic rings. The van der Waals surface area contributed by atoms with E-state index in [2.05, 4.69) is 21.1 Å². The zero-order chi connectivity index (χ0) is 23.2. The summed E-state index contributed by atoms with van der Waals surface area (Å²) in [4.78, 5) is 27.6. The summed E-state index contributed by atoms with van der Waals surface area (Å²) in [5.41, 5.74) is 1.86. The first-order valence-electron chi connectivity index (χ1n) is 10.2. The second-order valence-corrected chi connectivity index (χ2v) is 9.80. The van der Waals surface area contributed by atoms with Crippen molar-refractivity contribution < 1.29 is 19.2 Å². The summed E-state index contributed by atoms with van der Waals surface area (Å²) in [5, 5.41) is 15.2. The van der Waals surface area contributed by atoms with E-state index in [4.69, 9.17) is 4.52 Å². The van der Waals surface area contributed by atoms with E-state index < -0.39 is 17.7 Å². The molecular weight excluding hydrogens is 472 g/mol. The molecule has 1 aromatic heterocycles. The minimum Gasteiger partial charge on any atom is -0.507 e. The maximum Gasteiger partial charge on any atom is 0.301 e. The normalized spacial score (nSPS) is 18.4. The van der Waals surface area contributed by atoms with E-state index in [1.54, 1.807) is 30.3 Å². The molecular formula is C25H23BrN2O4. The Bertz CT molecular complexity index is 1220. The Morgan fingerprint density at radius 1 is 1.06 bits per heavy atom. The molecule has 4 rings (SSSR count). The predicted molar refractivity (Wildman–Crippen MR) is 125 cm³/mol. The van der Waals surface area contributed by atoms with Crippen molar-refractivity contribution in [1.29, 1.82) is 0 Å². The molecule has 164 valence electrons. The van der Waals surface area contributed by atoms with Gasteiger partial charge in [-0.2, -0.15) is 0 Å². The van der Waals surface area contributed by atoms with Crippen molar-refractivity contribution in [3.63, 3.8) is 0 Å². The van der Waals surface area contributed by atoms with Gasteiger partial charge in [0, 0.05) is 21.5 Å². The average molecular weight is 495 g/mol. The number of aliphatic hydroxyl groups is 1. The van der Waals surface area contributed by atoms with Crippen LogP contribution in [0.2, 0.25) is 0 Å². The number of carbonyl (C=O) groups excluding carboxylic acids is 2. The van der Waals surface area contributed by atoms with Crippen LogP contribution in [0.4, 0.5) is 5.82 Å². The third-order valence-corrected chi connectivity index (χ3v) is 5.97. The Hall–Kier alpha value is -3.19. The van der Waals surface area contributed by atoms with Gasteiger partial charge in [-0.15, -0.1) is 0 Å². The molecule has 7 heteroatoms. The van der Waals surface area contributed by atoms with Crippen LogP contribution in [-0.2, 0) is 15.0 Å². The molecule has 2 heterocycles. The van der Waals surface area contributed by atoms with E-state index in [9.17, 15) is 14.7 Å². The molecule has 1 amide bonds. The number of ketones is 1. The van der Waals surface area contributed by atoms with Crippen LogP contribution >= 0.6 is 15.9 Å². The number of hydrogen-bond donors (Lipinski definition) is 1. The van der Waals surface area contributed by atoms with Crippen LogP contribution in [0.3, 0.4) is 0 Å². The van der Waals surface area contributed by atoms with Gasteiger partial charge in [0.15, 0.2) is 5.82 Å². The van der Waals surface area contributed by atoms with Crippen molar-refractivity contribution in [3.8, 4) is 0 Å². The van der Waals surface area contributed by atoms with Crippen LogP contribution < -0.4 is 4.90 Å². The van der Waals surface area contributed by atoms with Gasteiger partial charge in [0.25, 0.3) is 5.78 Å². The highest BCUT2D eigenvalue weighted by Crippen LogP contribution is 2.42. The van der Waals surface area contributed by atoms with Gasteiger partial charge in [-0.1, -0.05) is 83.8 Å². The fourth-order valence-electron chi connectivity index (χ4n) is 3.63. The van der Waals surface area contributed by atoms with E-state index in [1.807, 2.05) is 52.0 Å². The number of carbonyl (C=O) groups is 2. The summed E-state index contributed by atoms with van der Waals surface area (Å²) >= 11 is 3.37. The first kappa shape index (κ1) is 22.0. The van der Waals surface area contributed by atoms with E-state index in [0.29, 0.717) is 16.9 Å². The van der Waals surface area contributed by atoms with Crippen LogP contribution in [0.5, 0.6) is 0 Å². The minimum atomic E-state index is -0.836. The lowest BCUT2D eigenvalue weighted by Crippen LogP contribution is -2.29. The number of benzene rings is 2. The largest absolute Gasteiger partial charge is 0.507 e. The number of nitrogens with zero attached hydrogens (tertiary/aromatic N) is 2. The third kappa shape index (κ3) is 3.88. The molecule has 0 aliphatic carbocycles. The van der Waals surface area contributed by atoms with Crippen LogP contribution in [0, 0.1) is 6.92 Å². The second kappa shape index (κ2) is 8.06. The summed E-state index contributed by atoms with van der Waals surface area (Å²) in [6, 6.07) is 15.2. The number of amides is 1. The Morgan fingerprint density at radius 2 is 1.69 bits per heavy atom. The van der Waals surface area contributed by atoms with E-state index in [0.717, 1.165) is 10.0 Å². The highest BCUT2D eigenvalue weighted by atomic mass is 79.9. The third-order valence-electron chi connectivity index (χ3n) is 5.44. The summed E-state index contributed by atoms with van der Waals surface area (Å²) < 4.78 is 6.32. The van der Waals surface area contributed by atoms with Gasteiger partial charge in [-0.3, -0.25) is 14.5 Å². The molecule has 0 unspecified atom stereocenters. The van der Waals surface area contributed by atoms with Crippen LogP contribution in [-0.4, -0.2) is 22.0 Å². The van der Waals surface area contributed by atoms with Gasteiger partial charge in [-0.05, 0) is 24.6 Å². The standard InChI is InChI=1S/C25H23BrN2O4/c1-14-5-7-15(8-6-14)21-20(22(29)16-9-11-17(26)12-10-16)23(30)24(31)28(21)19-13-18(32-27-19)25(2,3)4/h5-13,21,29H,1-4H3/t21-/m1/s1. The molecule has 3 aromatic rings. The lowest BCUT2D eigenvalue weighted by molar-refractivity contribution is -0.132. The Balaban J connectivity index is 1.91. The molecule has 0 bridgehead atoms. The fraction of sp³-hybridized carbons (Fsp3) is 0.240. The Morgan fingerprint density at radius 3 is 2.25 bits per heavy atom. The van der Waals surface area contributed by atoms with Crippen molar-refractivity contribution >= 4 is 39.2 Å². The van der Waals surface area contributed by atoms with E-state index >= 15 is 0 Å². The smallest absolute Gasteiger partial charge is 0.301 e. The van der Waals surface area contributed by atoms with Gasteiger partial charge < -0.3 is 9.63 Å². The zero-order valence-electron chi connectivity index (χ0n) is 18.2. The number of aliphatic hydroxyl groups excluding tert-OH is 1. The number of Topliss-reactive ketones (excluding diaryl/α,β-unsaturated/α-hetero) is 1. The lowest BCUT2D eigenvalue weighted by Gasteiger charge is -2.23. The van der Waals surface area contributed by atoms with Crippen molar-refractivity contribution in [3.05, 3.63) is 87.1 Å². The summed E-state index contributed by atoms with van der Waals surface area (Å²) in [6.07, 6.45) is 0. The lowest BCUT2D eigenvalue weighted by atomic mass is 9.93. The maximum absolute atomic E-state index is 13.2. The predicted octanol–water partition coefficient (Wildman–Crippen LogP) is 5.67. The summed E-state index contributed by atoms with van der Waals surface area (Å²) in [5.74, 6) is -0.940. The van der Waals surface area contributed by atoms with E-state index in [-0.39, 0.29) is 22.6 Å². The number of aryl methyl sites for hydroxylation is 1. The summed E-state index contributed by atoms with van der Waals surface area (Å²) in [7, 11) is 0. The monoisotopic (exact) mass is 494 g/mol. The Kier molecular flexibility index (Phi) is 5.54. The van der Waals surface area contributed by atoms with Crippen molar-refractivity contribution in [2.24, 2.45) is 0 Å². The number of aromatic nitrogens is 1. The molecule has 1 N–H and O–H groups in total. The van der Waals surface area contributed by atoms with Crippen molar-refractivity contribution in [1.82, 2.24) is 5.16 Å². The second-order valence-electron chi connectivity index (χ2n) is 8.89. The van der Waals surface area contributed by atoms with Gasteiger partial charge in [0.2, 0.25) is 0 Å².